The molecule has 46 heavy (non-hydrogen) atoms. The molecule has 0 aliphatic carbocycles. The van der Waals surface area contributed by atoms with Crippen LogP contribution >= 0.6 is 0 Å². The third kappa shape index (κ3) is 14.5. The van der Waals surface area contributed by atoms with E-state index in [1.165, 1.54) is 76.8 Å². The normalized spacial score (nSPS) is 11.5. The number of carbonyl (C=O) groups is 2. The molecular weight excluding hydrogens is 578 g/mol. The molecule has 0 saturated heterocycles. The van der Waals surface area contributed by atoms with Crippen LogP contribution in [0.25, 0.3) is 0 Å². The second-order valence-corrected chi connectivity index (χ2v) is 12.0. The number of hydrogen-bond donors (Lipinski definition) is 0. The Labute approximate surface area is 276 Å². The topological polar surface area (TPSA) is 84.0 Å². The van der Waals surface area contributed by atoms with E-state index < -0.39 is 11.9 Å². The standard InChI is InChI=1S/C39H53NO6/c1-4-6-8-10-11-12-13-14-15-17-29-43-37-28-21-33(30-40-37)39(42)46-35-22-19-32(20-23-35)38(41)45-36-26-24-34(25-27-36)44-31(3)18-16-9-7-5-2/h19-28,30-31H,4-18,29H2,1-3H3/t31-/m0/s1. The van der Waals surface area contributed by atoms with E-state index in [0.29, 0.717) is 35.1 Å². The molecule has 1 heterocycles. The first-order valence-electron chi connectivity index (χ1n) is 17.4. The second kappa shape index (κ2) is 21.8. The minimum absolute atomic E-state index is 0.131. The molecule has 7 nitrogen and oxygen atoms in total. The lowest BCUT2D eigenvalue weighted by molar-refractivity contribution is 0.0730. The third-order valence-corrected chi connectivity index (χ3v) is 7.86. The van der Waals surface area contributed by atoms with E-state index in [4.69, 9.17) is 18.9 Å². The molecule has 0 aliphatic rings. The van der Waals surface area contributed by atoms with Gasteiger partial charge in [0.15, 0.2) is 0 Å². The maximum Gasteiger partial charge on any atom is 0.345 e. The summed E-state index contributed by atoms with van der Waals surface area (Å²) in [6, 6.07) is 16.6. The molecule has 0 N–H and O–H groups in total. The van der Waals surface area contributed by atoms with Crippen molar-refractivity contribution in [2.75, 3.05) is 6.61 Å². The summed E-state index contributed by atoms with van der Waals surface area (Å²) < 4.78 is 22.7. The van der Waals surface area contributed by atoms with Crippen molar-refractivity contribution in [2.45, 2.75) is 123 Å². The molecule has 7 heteroatoms. The fourth-order valence-electron chi connectivity index (χ4n) is 5.08. The van der Waals surface area contributed by atoms with Crippen LogP contribution in [0.4, 0.5) is 0 Å². The fourth-order valence-corrected chi connectivity index (χ4v) is 5.08. The maximum atomic E-state index is 12.6. The van der Waals surface area contributed by atoms with Gasteiger partial charge in [0.2, 0.25) is 5.88 Å². The number of nitrogens with zero attached hydrogens (tertiary/aromatic N) is 1. The predicted molar refractivity (Wildman–Crippen MR) is 183 cm³/mol. The molecule has 2 aromatic carbocycles. The van der Waals surface area contributed by atoms with E-state index >= 15 is 0 Å². The van der Waals surface area contributed by atoms with Gasteiger partial charge in [-0.05, 0) is 80.8 Å². The monoisotopic (exact) mass is 631 g/mol. The zero-order valence-electron chi connectivity index (χ0n) is 28.1. The van der Waals surface area contributed by atoms with Crippen LogP contribution < -0.4 is 18.9 Å². The molecule has 1 atom stereocenters. The highest BCUT2D eigenvalue weighted by molar-refractivity contribution is 5.92. The number of unbranched alkanes of at least 4 members (excludes halogenated alkanes) is 12. The minimum Gasteiger partial charge on any atom is -0.491 e. The average Bonchev–Trinajstić information content (AvgIpc) is 3.07. The maximum absolute atomic E-state index is 12.6. The Balaban J connectivity index is 1.34. The summed E-state index contributed by atoms with van der Waals surface area (Å²) in [5, 5.41) is 0. The average molecular weight is 632 g/mol. The molecule has 1 aromatic heterocycles. The Morgan fingerprint density at radius 3 is 1.63 bits per heavy atom. The molecule has 0 unspecified atom stereocenters. The molecule has 0 fully saturated rings. The smallest absolute Gasteiger partial charge is 0.345 e. The number of rotatable bonds is 23. The highest BCUT2D eigenvalue weighted by Crippen LogP contribution is 2.22. The van der Waals surface area contributed by atoms with Gasteiger partial charge in [0.25, 0.3) is 0 Å². The lowest BCUT2D eigenvalue weighted by Gasteiger charge is -2.15. The summed E-state index contributed by atoms with van der Waals surface area (Å²) in [7, 11) is 0. The van der Waals surface area contributed by atoms with Crippen LogP contribution in [-0.4, -0.2) is 29.6 Å². The number of carbonyl (C=O) groups excluding carboxylic acids is 2. The van der Waals surface area contributed by atoms with Crippen LogP contribution in [0.3, 0.4) is 0 Å². The quantitative estimate of drug-likeness (QED) is 0.0585. The van der Waals surface area contributed by atoms with E-state index in [1.807, 2.05) is 0 Å². The molecule has 0 spiro atoms. The Kier molecular flexibility index (Phi) is 17.3. The number of esters is 2. The van der Waals surface area contributed by atoms with E-state index in [1.54, 1.807) is 60.7 Å². The van der Waals surface area contributed by atoms with E-state index in [2.05, 4.69) is 25.8 Å². The van der Waals surface area contributed by atoms with Gasteiger partial charge in [-0.15, -0.1) is 0 Å². The van der Waals surface area contributed by atoms with Crippen molar-refractivity contribution in [3.8, 4) is 23.1 Å². The van der Waals surface area contributed by atoms with Gasteiger partial charge in [-0.3, -0.25) is 0 Å². The first-order chi connectivity index (χ1) is 22.5. The molecule has 0 amide bonds. The molecule has 3 rings (SSSR count). The van der Waals surface area contributed by atoms with Crippen LogP contribution in [0.15, 0.2) is 66.9 Å². The zero-order valence-corrected chi connectivity index (χ0v) is 28.1. The zero-order chi connectivity index (χ0) is 32.8. The Morgan fingerprint density at radius 2 is 1.07 bits per heavy atom. The summed E-state index contributed by atoms with van der Waals surface area (Å²) in [5.41, 5.74) is 0.652. The van der Waals surface area contributed by atoms with Crippen LogP contribution in [0.2, 0.25) is 0 Å². The molecule has 250 valence electrons. The summed E-state index contributed by atoms with van der Waals surface area (Å²) in [6.45, 7) is 7.14. The summed E-state index contributed by atoms with van der Waals surface area (Å²) >= 11 is 0. The number of aromatic nitrogens is 1. The first kappa shape index (κ1) is 36.6. The number of ether oxygens (including phenoxy) is 4. The minimum atomic E-state index is -0.540. The van der Waals surface area contributed by atoms with Crippen molar-refractivity contribution in [3.63, 3.8) is 0 Å². The Hall–Kier alpha value is -3.87. The van der Waals surface area contributed by atoms with Gasteiger partial charge in [0.1, 0.15) is 17.2 Å². The summed E-state index contributed by atoms with van der Waals surface area (Å²) in [6.07, 6.45) is 20.2. The van der Waals surface area contributed by atoms with Gasteiger partial charge in [-0.2, -0.15) is 0 Å². The Morgan fingerprint density at radius 1 is 0.587 bits per heavy atom. The lowest BCUT2D eigenvalue weighted by Crippen LogP contribution is -2.12. The Bertz CT molecular complexity index is 1260. The van der Waals surface area contributed by atoms with E-state index in [-0.39, 0.29) is 6.10 Å². The van der Waals surface area contributed by atoms with Crippen molar-refractivity contribution in [3.05, 3.63) is 78.0 Å². The molecule has 0 bridgehead atoms. The predicted octanol–water partition coefficient (Wildman–Crippen LogP) is 10.6. The van der Waals surface area contributed by atoms with Gasteiger partial charge in [-0.1, -0.05) is 90.9 Å². The van der Waals surface area contributed by atoms with Crippen LogP contribution in [0, 0.1) is 0 Å². The first-order valence-corrected chi connectivity index (χ1v) is 17.4. The van der Waals surface area contributed by atoms with E-state index in [0.717, 1.165) is 31.4 Å². The van der Waals surface area contributed by atoms with Crippen molar-refractivity contribution in [1.29, 1.82) is 0 Å². The highest BCUT2D eigenvalue weighted by atomic mass is 16.5. The van der Waals surface area contributed by atoms with Crippen LogP contribution in [0.5, 0.6) is 23.1 Å². The van der Waals surface area contributed by atoms with Crippen molar-refractivity contribution in [2.24, 2.45) is 0 Å². The van der Waals surface area contributed by atoms with Gasteiger partial charge in [0, 0.05) is 12.3 Å². The molecule has 0 radical (unpaired) electrons. The molecule has 0 saturated carbocycles. The highest BCUT2D eigenvalue weighted by Gasteiger charge is 2.13. The number of benzene rings is 2. The van der Waals surface area contributed by atoms with E-state index in [9.17, 15) is 9.59 Å². The lowest BCUT2D eigenvalue weighted by atomic mass is 10.1. The summed E-state index contributed by atoms with van der Waals surface area (Å²) in [5.74, 6) is 0.927. The molecule has 3 aromatic rings. The third-order valence-electron chi connectivity index (χ3n) is 7.86. The fraction of sp³-hybridized carbons (Fsp3) is 0.513. The van der Waals surface area contributed by atoms with Gasteiger partial charge in [-0.25, -0.2) is 14.6 Å². The van der Waals surface area contributed by atoms with Gasteiger partial charge in [0.05, 0.1) is 23.8 Å². The molecule has 0 aliphatic heterocycles. The largest absolute Gasteiger partial charge is 0.491 e. The second-order valence-electron chi connectivity index (χ2n) is 12.0. The van der Waals surface area contributed by atoms with Crippen molar-refractivity contribution >= 4 is 11.9 Å². The van der Waals surface area contributed by atoms with Gasteiger partial charge < -0.3 is 18.9 Å². The van der Waals surface area contributed by atoms with Crippen LogP contribution in [0.1, 0.15) is 138 Å². The van der Waals surface area contributed by atoms with Crippen molar-refractivity contribution in [1.82, 2.24) is 4.98 Å². The molecular formula is C39H53NO6. The SMILES string of the molecule is CCCCCCCCCCCCOc1ccc(C(=O)Oc2ccc(C(=O)Oc3ccc(O[C@@H](C)CCCCCC)cc3)cc2)cn1. The number of hydrogen-bond acceptors (Lipinski definition) is 7. The van der Waals surface area contributed by atoms with Crippen LogP contribution in [-0.2, 0) is 0 Å². The summed E-state index contributed by atoms with van der Waals surface area (Å²) in [4.78, 5) is 29.5. The number of pyridine rings is 1. The van der Waals surface area contributed by atoms with Gasteiger partial charge >= 0.3 is 11.9 Å². The van der Waals surface area contributed by atoms with Crippen molar-refractivity contribution < 1.29 is 28.5 Å².